The monoisotopic (exact) mass is 686 g/mol. The summed E-state index contributed by atoms with van der Waals surface area (Å²) >= 11 is 0. The van der Waals surface area contributed by atoms with Gasteiger partial charge in [0.05, 0.1) is 36.3 Å². The van der Waals surface area contributed by atoms with Crippen LogP contribution in [-0.4, -0.2) is 46.0 Å². The van der Waals surface area contributed by atoms with Gasteiger partial charge in [-0.05, 0) is 63.9 Å². The van der Waals surface area contributed by atoms with Crippen LogP contribution in [0.1, 0.15) is 198 Å². The van der Waals surface area contributed by atoms with Crippen LogP contribution in [0.5, 0.6) is 0 Å². The molecule has 0 saturated heterocycles. The van der Waals surface area contributed by atoms with Gasteiger partial charge in [0, 0.05) is 12.8 Å². The number of rotatable bonds is 30. The largest absolute Gasteiger partial charge is 0.543 e. The zero-order valence-electron chi connectivity index (χ0n) is 32.3. The van der Waals surface area contributed by atoms with Crippen molar-refractivity contribution in [3.63, 3.8) is 0 Å². The normalized spacial score (nSPS) is 11.4. The predicted octanol–water partition coefficient (Wildman–Crippen LogP) is 12.6. The second-order valence-corrected chi connectivity index (χ2v) is 18.9. The highest BCUT2D eigenvalue weighted by molar-refractivity contribution is 7.75. The summed E-state index contributed by atoms with van der Waals surface area (Å²) in [5.74, 6) is -1.33. The van der Waals surface area contributed by atoms with E-state index in [1.54, 1.807) is 56.4 Å². The number of hydrogen-bond acceptors (Lipinski definition) is 4. The van der Waals surface area contributed by atoms with Gasteiger partial charge in [-0.2, -0.15) is 0 Å². The van der Waals surface area contributed by atoms with E-state index >= 15 is 0 Å². The summed E-state index contributed by atoms with van der Waals surface area (Å²) in [6, 6.07) is 7.38. The van der Waals surface area contributed by atoms with Gasteiger partial charge in [0.2, 0.25) is 0 Å². The fourth-order valence-electron chi connectivity index (χ4n) is 6.99. The Bertz CT molecular complexity index is 954. The summed E-state index contributed by atoms with van der Waals surface area (Å²) in [4.78, 5) is 10.7. The third kappa shape index (κ3) is 20.7. The number of carboxylic acid groups (broad SMARTS) is 1. The van der Waals surface area contributed by atoms with Crippen molar-refractivity contribution in [1.82, 2.24) is 15.4 Å². The number of aromatic carboxylic acids is 1. The molecule has 2 aromatic rings. The maximum atomic E-state index is 10.7. The topological polar surface area (TPSA) is 81.7 Å². The third-order valence-electron chi connectivity index (χ3n) is 10.1. The molecule has 0 atom stereocenters. The molecule has 0 radical (unpaired) electrons. The van der Waals surface area contributed by atoms with Crippen molar-refractivity contribution < 1.29 is 9.90 Å². The predicted molar refractivity (Wildman–Crippen MR) is 211 cm³/mol. The Kier molecular flexibility index (Phi) is 27.8. The van der Waals surface area contributed by atoms with Crippen LogP contribution in [0.3, 0.4) is 0 Å². The molecule has 1 aromatic carbocycles. The van der Waals surface area contributed by atoms with Gasteiger partial charge >= 0.3 is 0 Å². The van der Waals surface area contributed by atoms with Crippen LogP contribution in [-0.2, 0) is 0 Å². The lowest BCUT2D eigenvalue weighted by atomic mass is 10.0. The van der Waals surface area contributed by atoms with Crippen molar-refractivity contribution in [2.75, 3.05) is 24.6 Å². The lowest BCUT2D eigenvalue weighted by Crippen LogP contribution is -2.23. The van der Waals surface area contributed by atoms with Crippen molar-refractivity contribution in [1.29, 1.82) is 0 Å². The summed E-state index contributed by atoms with van der Waals surface area (Å²) < 4.78 is 0. The molecule has 6 heteroatoms. The second kappa shape index (κ2) is 30.1. The van der Waals surface area contributed by atoms with Gasteiger partial charge in [-0.15, -0.1) is 5.10 Å². The van der Waals surface area contributed by atoms with Crippen molar-refractivity contribution in [3.05, 3.63) is 35.5 Å². The van der Waals surface area contributed by atoms with Gasteiger partial charge in [0.25, 0.3) is 0 Å². The number of aromatic nitrogens is 3. The van der Waals surface area contributed by atoms with Crippen LogP contribution in [0.2, 0.25) is 0 Å². The smallest absolute Gasteiger partial charge is 0.136 e. The van der Waals surface area contributed by atoms with E-state index in [9.17, 15) is 9.90 Å². The van der Waals surface area contributed by atoms with E-state index < -0.39 is 13.2 Å². The quantitative estimate of drug-likeness (QED) is 0.0655. The fourth-order valence-corrected chi connectivity index (χ4v) is 11.9. The number of aromatic amines is 1. The second-order valence-electron chi connectivity index (χ2n) is 14.4. The first-order valence-corrected chi connectivity index (χ1v) is 23.0. The van der Waals surface area contributed by atoms with Gasteiger partial charge < -0.3 is 9.90 Å². The summed E-state index contributed by atoms with van der Waals surface area (Å²) in [6.45, 7) is 11.3. The number of unbranched alkanes of at least 4 members (excludes halogenated alkanes) is 20. The Hall–Kier alpha value is -1.74. The molecule has 0 aliphatic rings. The van der Waals surface area contributed by atoms with Gasteiger partial charge in [-0.25, -0.2) is 0 Å². The maximum Gasteiger partial charge on any atom is 0.136 e. The highest BCUT2D eigenvalue weighted by atomic mass is 31.2. The SMILES string of the molecule is CCCCCCCC[P+](CCCCCCCC)(CCCCCCCC)CCCCCCCC.Cc1ccccc1-c1[nH]nnc1C(=O)[O-]. The van der Waals surface area contributed by atoms with Crippen LogP contribution in [0.15, 0.2) is 24.3 Å². The number of carbonyl (C=O) groups is 1. The Morgan fingerprint density at radius 1 is 0.583 bits per heavy atom. The first-order chi connectivity index (χ1) is 23.4. The van der Waals surface area contributed by atoms with E-state index in [0.29, 0.717) is 5.69 Å². The molecule has 2 rings (SSSR count). The van der Waals surface area contributed by atoms with E-state index in [1.807, 2.05) is 25.1 Å². The van der Waals surface area contributed by atoms with Crippen LogP contribution in [0.25, 0.3) is 11.3 Å². The van der Waals surface area contributed by atoms with E-state index in [0.717, 1.165) is 11.1 Å². The maximum absolute atomic E-state index is 10.7. The number of nitrogens with zero attached hydrogens (tertiary/aromatic N) is 2. The molecule has 5 nitrogen and oxygen atoms in total. The summed E-state index contributed by atoms with van der Waals surface area (Å²) in [6.07, 6.45) is 42.1. The molecule has 1 N–H and O–H groups in total. The van der Waals surface area contributed by atoms with Gasteiger partial charge in [-0.3, -0.25) is 5.10 Å². The minimum Gasteiger partial charge on any atom is -0.543 e. The van der Waals surface area contributed by atoms with Crippen molar-refractivity contribution in [3.8, 4) is 11.3 Å². The lowest BCUT2D eigenvalue weighted by molar-refractivity contribution is -0.255. The van der Waals surface area contributed by atoms with Gasteiger partial charge in [0.15, 0.2) is 0 Å². The number of benzene rings is 1. The molecule has 0 saturated carbocycles. The molecule has 0 spiro atoms. The lowest BCUT2D eigenvalue weighted by Gasteiger charge is -2.28. The Labute approximate surface area is 298 Å². The zero-order valence-corrected chi connectivity index (χ0v) is 33.2. The van der Waals surface area contributed by atoms with E-state index in [2.05, 4.69) is 43.1 Å². The van der Waals surface area contributed by atoms with Crippen LogP contribution in [0.4, 0.5) is 0 Å². The van der Waals surface area contributed by atoms with E-state index in [-0.39, 0.29) is 5.69 Å². The van der Waals surface area contributed by atoms with Crippen LogP contribution >= 0.6 is 7.26 Å². The minimum atomic E-state index is -1.33. The average molecular weight is 686 g/mol. The van der Waals surface area contributed by atoms with Crippen molar-refractivity contribution >= 4 is 13.2 Å². The van der Waals surface area contributed by atoms with Gasteiger partial charge in [-0.1, -0.05) is 160 Å². The van der Waals surface area contributed by atoms with Crippen molar-refractivity contribution in [2.45, 2.75) is 189 Å². The molecular weight excluding hydrogens is 609 g/mol. The molecular formula is C42H76N3O2P. The number of carboxylic acids is 1. The number of hydrogen-bond donors (Lipinski definition) is 1. The minimum absolute atomic E-state index is 0.163. The Morgan fingerprint density at radius 3 is 1.29 bits per heavy atom. The molecule has 276 valence electrons. The standard InChI is InChI=1S/C32H68P.C10H9N3O2/c1-5-9-13-17-21-25-29-33(30-26-22-18-14-10-6-2,31-27-23-19-15-11-7-3)32-28-24-20-16-12-8-4;1-6-4-2-3-5-7(6)8-9(10(14)15)12-13-11-8/h5-32H2,1-4H3;2-5H,1H3,(H,14,15)(H,11,12,13)/q+1;/p-1. The molecule has 0 bridgehead atoms. The Morgan fingerprint density at radius 2 is 0.938 bits per heavy atom. The van der Waals surface area contributed by atoms with E-state index in [1.165, 1.54) is 128 Å². The van der Waals surface area contributed by atoms with Gasteiger partial charge in [0.1, 0.15) is 5.69 Å². The summed E-state index contributed by atoms with van der Waals surface area (Å²) in [5.41, 5.74) is 1.94. The molecule has 0 aliphatic carbocycles. The molecule has 1 aromatic heterocycles. The van der Waals surface area contributed by atoms with Crippen LogP contribution in [0, 0.1) is 6.92 Å². The third-order valence-corrected chi connectivity index (χ3v) is 15.2. The first kappa shape index (κ1) is 44.3. The van der Waals surface area contributed by atoms with Crippen LogP contribution < -0.4 is 5.11 Å². The first-order valence-electron chi connectivity index (χ1n) is 20.5. The molecule has 0 aliphatic heterocycles. The molecule has 0 fully saturated rings. The molecule has 1 heterocycles. The Balaban J connectivity index is 0.000000628. The number of aryl methyl sites for hydroxylation is 1. The number of carbonyl (C=O) groups excluding carboxylic acids is 1. The molecule has 0 amide bonds. The molecule has 0 unspecified atom stereocenters. The molecule has 48 heavy (non-hydrogen) atoms. The zero-order chi connectivity index (χ0) is 35.1. The van der Waals surface area contributed by atoms with Crippen molar-refractivity contribution in [2.24, 2.45) is 0 Å². The average Bonchev–Trinajstić information content (AvgIpc) is 3.58. The highest BCUT2D eigenvalue weighted by Crippen LogP contribution is 2.61. The fraction of sp³-hybridized carbons (Fsp3) is 0.786. The summed E-state index contributed by atoms with van der Waals surface area (Å²) in [5, 5.41) is 20.2. The number of nitrogens with one attached hydrogen (secondary N) is 1. The number of H-pyrrole nitrogens is 1. The van der Waals surface area contributed by atoms with E-state index in [4.69, 9.17) is 0 Å². The summed E-state index contributed by atoms with van der Waals surface area (Å²) in [7, 11) is -0.718. The highest BCUT2D eigenvalue weighted by Gasteiger charge is 2.35.